The van der Waals surface area contributed by atoms with Crippen LogP contribution in [0, 0.1) is 4.77 Å². The Labute approximate surface area is 158 Å². The van der Waals surface area contributed by atoms with Crippen LogP contribution in [0.1, 0.15) is 30.8 Å². The molecule has 3 aromatic rings. The summed E-state index contributed by atoms with van der Waals surface area (Å²) in [6, 6.07) is 18.1. The molecule has 1 heterocycles. The molecule has 0 aliphatic heterocycles. The summed E-state index contributed by atoms with van der Waals surface area (Å²) in [5.74, 6) is 1.66. The lowest BCUT2D eigenvalue weighted by Crippen LogP contribution is -2.05. The van der Waals surface area contributed by atoms with Crippen LogP contribution in [0.4, 0.5) is 0 Å². The van der Waals surface area contributed by atoms with Crippen molar-refractivity contribution >= 4 is 18.4 Å². The molecule has 0 radical (unpaired) electrons. The normalized spacial score (nSPS) is 11.3. The second kappa shape index (κ2) is 8.58. The number of benzene rings is 2. The van der Waals surface area contributed by atoms with Crippen LogP contribution < -0.4 is 4.74 Å². The van der Waals surface area contributed by atoms with Gasteiger partial charge in [0.15, 0.2) is 5.82 Å². The maximum Gasteiger partial charge on any atom is 0.216 e. The molecule has 0 spiro atoms. The highest BCUT2D eigenvalue weighted by atomic mass is 32.1. The van der Waals surface area contributed by atoms with E-state index in [1.54, 1.807) is 10.9 Å². The van der Waals surface area contributed by atoms with Crippen LogP contribution in [0.5, 0.6) is 5.75 Å². The summed E-state index contributed by atoms with van der Waals surface area (Å²) in [6.45, 7) is 4.01. The fraction of sp³-hybridized carbons (Fsp3) is 0.250. The maximum atomic E-state index is 5.65. The minimum absolute atomic E-state index is 0.158. The zero-order valence-electron chi connectivity index (χ0n) is 14.9. The molecule has 0 fully saturated rings. The minimum atomic E-state index is 0.158. The van der Waals surface area contributed by atoms with Gasteiger partial charge in [0.05, 0.1) is 12.3 Å². The topological polar surface area (TPSA) is 55.2 Å². The van der Waals surface area contributed by atoms with Crippen LogP contribution in [-0.2, 0) is 12.8 Å². The van der Waals surface area contributed by atoms with Crippen LogP contribution in [-0.4, -0.2) is 27.2 Å². The van der Waals surface area contributed by atoms with Gasteiger partial charge in [-0.2, -0.15) is 14.9 Å². The Bertz CT molecular complexity index is 911. The highest BCUT2D eigenvalue weighted by molar-refractivity contribution is 7.71. The summed E-state index contributed by atoms with van der Waals surface area (Å²) in [5, 5.41) is 11.6. The largest absolute Gasteiger partial charge is 0.491 e. The van der Waals surface area contributed by atoms with Gasteiger partial charge in [0.1, 0.15) is 5.75 Å². The zero-order chi connectivity index (χ0) is 18.4. The van der Waals surface area contributed by atoms with Crippen molar-refractivity contribution in [3.05, 3.63) is 76.3 Å². The number of aryl methyl sites for hydroxylation is 2. The van der Waals surface area contributed by atoms with E-state index >= 15 is 0 Å². The number of nitrogens with zero attached hydrogens (tertiary/aromatic N) is 3. The summed E-state index contributed by atoms with van der Waals surface area (Å²) < 4.78 is 7.82. The number of hydrogen-bond acceptors (Lipinski definition) is 4. The SMILES string of the molecule is CC(C)Oc1ccc(/C=N\n2c(CCc3ccccc3)n[nH]c2=S)cc1. The molecule has 1 aromatic heterocycles. The monoisotopic (exact) mass is 366 g/mol. The smallest absolute Gasteiger partial charge is 0.216 e. The second-order valence-corrected chi connectivity index (χ2v) is 6.61. The van der Waals surface area contributed by atoms with Crippen molar-refractivity contribution in [1.29, 1.82) is 0 Å². The van der Waals surface area contributed by atoms with Gasteiger partial charge in [-0.15, -0.1) is 0 Å². The third kappa shape index (κ3) is 4.89. The Morgan fingerprint density at radius 3 is 2.54 bits per heavy atom. The predicted molar refractivity (Wildman–Crippen MR) is 106 cm³/mol. The molecule has 1 N–H and O–H groups in total. The van der Waals surface area contributed by atoms with E-state index in [9.17, 15) is 0 Å². The quantitative estimate of drug-likeness (QED) is 0.498. The van der Waals surface area contributed by atoms with E-state index in [0.29, 0.717) is 4.77 Å². The predicted octanol–water partition coefficient (Wildman–Crippen LogP) is 4.40. The average Bonchev–Trinajstić information content (AvgIpc) is 2.99. The summed E-state index contributed by atoms with van der Waals surface area (Å²) >= 11 is 5.30. The molecule has 26 heavy (non-hydrogen) atoms. The van der Waals surface area contributed by atoms with E-state index in [2.05, 4.69) is 27.4 Å². The number of H-pyrrole nitrogens is 1. The molecule has 6 heteroatoms. The standard InChI is InChI=1S/C20H22N4OS/c1-15(2)25-18-11-8-17(9-12-18)14-21-24-19(22-23-20(24)26)13-10-16-6-4-3-5-7-16/h3-9,11-12,14-15H,10,13H2,1-2H3,(H,23,26)/b21-14-. The number of ether oxygens (including phenoxy) is 1. The summed E-state index contributed by atoms with van der Waals surface area (Å²) in [6.07, 6.45) is 3.58. The Morgan fingerprint density at radius 2 is 1.85 bits per heavy atom. The molecule has 0 atom stereocenters. The van der Waals surface area contributed by atoms with E-state index < -0.39 is 0 Å². The van der Waals surface area contributed by atoms with Gasteiger partial charge in [-0.1, -0.05) is 30.3 Å². The Balaban J connectivity index is 1.70. The Hall–Kier alpha value is -2.73. The van der Waals surface area contributed by atoms with Gasteiger partial charge < -0.3 is 4.74 Å². The molecule has 2 aromatic carbocycles. The summed E-state index contributed by atoms with van der Waals surface area (Å²) in [7, 11) is 0. The number of aromatic nitrogens is 3. The fourth-order valence-corrected chi connectivity index (χ4v) is 2.73. The molecule has 134 valence electrons. The second-order valence-electron chi connectivity index (χ2n) is 6.22. The maximum absolute atomic E-state index is 5.65. The van der Waals surface area contributed by atoms with E-state index in [1.165, 1.54) is 5.56 Å². The molecule has 0 saturated carbocycles. The van der Waals surface area contributed by atoms with Gasteiger partial charge in [-0.05, 0) is 67.9 Å². The first-order chi connectivity index (χ1) is 12.6. The van der Waals surface area contributed by atoms with E-state index in [-0.39, 0.29) is 6.10 Å². The number of hydrogen-bond donors (Lipinski definition) is 1. The minimum Gasteiger partial charge on any atom is -0.491 e. The fourth-order valence-electron chi connectivity index (χ4n) is 2.54. The molecule has 0 amide bonds. The third-order valence-corrected chi connectivity index (χ3v) is 4.04. The first-order valence-electron chi connectivity index (χ1n) is 8.63. The first kappa shape index (κ1) is 18.1. The van der Waals surface area contributed by atoms with Crippen molar-refractivity contribution in [2.75, 3.05) is 0 Å². The molecule has 0 bridgehead atoms. The molecular formula is C20H22N4OS. The van der Waals surface area contributed by atoms with Crippen molar-refractivity contribution in [2.45, 2.75) is 32.8 Å². The van der Waals surface area contributed by atoms with Gasteiger partial charge in [-0.3, -0.25) is 5.10 Å². The van der Waals surface area contributed by atoms with E-state index in [0.717, 1.165) is 30.0 Å². The molecule has 0 saturated heterocycles. The Morgan fingerprint density at radius 1 is 1.12 bits per heavy atom. The van der Waals surface area contributed by atoms with Crippen LogP contribution >= 0.6 is 12.2 Å². The van der Waals surface area contributed by atoms with Crippen LogP contribution in [0.15, 0.2) is 59.7 Å². The van der Waals surface area contributed by atoms with Crippen molar-refractivity contribution in [3.63, 3.8) is 0 Å². The highest BCUT2D eigenvalue weighted by Crippen LogP contribution is 2.13. The van der Waals surface area contributed by atoms with Crippen molar-refractivity contribution in [2.24, 2.45) is 5.10 Å². The molecular weight excluding hydrogens is 344 g/mol. The lowest BCUT2D eigenvalue weighted by atomic mass is 10.1. The van der Waals surface area contributed by atoms with Gasteiger partial charge in [-0.25, -0.2) is 0 Å². The molecule has 5 nitrogen and oxygen atoms in total. The van der Waals surface area contributed by atoms with Crippen molar-refractivity contribution in [1.82, 2.24) is 14.9 Å². The van der Waals surface area contributed by atoms with Crippen molar-refractivity contribution in [3.8, 4) is 5.75 Å². The summed E-state index contributed by atoms with van der Waals surface area (Å²) in [4.78, 5) is 0. The van der Waals surface area contributed by atoms with Crippen molar-refractivity contribution < 1.29 is 4.74 Å². The third-order valence-electron chi connectivity index (χ3n) is 3.77. The van der Waals surface area contributed by atoms with E-state index in [1.807, 2.05) is 56.3 Å². The average molecular weight is 366 g/mol. The highest BCUT2D eigenvalue weighted by Gasteiger charge is 2.05. The molecule has 0 aliphatic carbocycles. The van der Waals surface area contributed by atoms with E-state index in [4.69, 9.17) is 17.0 Å². The summed E-state index contributed by atoms with van der Waals surface area (Å²) in [5.41, 5.74) is 2.23. The molecule has 3 rings (SSSR count). The van der Waals surface area contributed by atoms with Gasteiger partial charge in [0, 0.05) is 6.42 Å². The van der Waals surface area contributed by atoms with Crippen LogP contribution in [0.25, 0.3) is 0 Å². The lowest BCUT2D eigenvalue weighted by Gasteiger charge is -2.09. The number of nitrogens with one attached hydrogen (secondary N) is 1. The number of aromatic amines is 1. The zero-order valence-corrected chi connectivity index (χ0v) is 15.7. The van der Waals surface area contributed by atoms with Gasteiger partial charge >= 0.3 is 0 Å². The van der Waals surface area contributed by atoms with Gasteiger partial charge in [0.25, 0.3) is 0 Å². The number of rotatable bonds is 7. The lowest BCUT2D eigenvalue weighted by molar-refractivity contribution is 0.242. The molecule has 0 unspecified atom stereocenters. The Kier molecular flexibility index (Phi) is 5.96. The molecule has 0 aliphatic rings. The first-order valence-corrected chi connectivity index (χ1v) is 9.04. The van der Waals surface area contributed by atoms with Gasteiger partial charge in [0.2, 0.25) is 4.77 Å². The van der Waals surface area contributed by atoms with Crippen LogP contribution in [0.2, 0.25) is 0 Å². The van der Waals surface area contributed by atoms with Crippen LogP contribution in [0.3, 0.4) is 0 Å².